The third-order valence-corrected chi connectivity index (χ3v) is 4.19. The first-order valence-corrected chi connectivity index (χ1v) is 9.58. The third-order valence-electron chi connectivity index (χ3n) is 4.19. The largest absolute Gasteiger partial charge is 0.480 e. The number of nitrogens with zero attached hydrogens (tertiary/aromatic N) is 2. The van der Waals surface area contributed by atoms with Crippen LogP contribution in [0.1, 0.15) is 27.8 Å². The van der Waals surface area contributed by atoms with E-state index in [2.05, 4.69) is 15.7 Å². The Balaban J connectivity index is 1.69. The second-order valence-corrected chi connectivity index (χ2v) is 6.34. The molecule has 9 nitrogen and oxygen atoms in total. The van der Waals surface area contributed by atoms with E-state index in [1.54, 1.807) is 38.2 Å². The Morgan fingerprint density at radius 2 is 1.74 bits per heavy atom. The van der Waals surface area contributed by atoms with Gasteiger partial charge in [0.15, 0.2) is 12.4 Å². The first-order valence-electron chi connectivity index (χ1n) is 9.58. The van der Waals surface area contributed by atoms with E-state index >= 15 is 0 Å². The summed E-state index contributed by atoms with van der Waals surface area (Å²) in [6, 6.07) is 15.6. The number of hydrogen-bond donors (Lipinski definition) is 2. The number of ether oxygens (including phenoxy) is 2. The molecule has 9 heteroatoms. The molecule has 1 heterocycles. The second kappa shape index (κ2) is 10.1. The van der Waals surface area contributed by atoms with E-state index in [9.17, 15) is 14.4 Å². The lowest BCUT2D eigenvalue weighted by atomic mass is 10.2. The maximum Gasteiger partial charge on any atom is 0.362 e. The number of anilines is 1. The van der Waals surface area contributed by atoms with Gasteiger partial charge in [-0.15, -0.1) is 0 Å². The summed E-state index contributed by atoms with van der Waals surface area (Å²) in [5.74, 6) is -1.16. The first-order chi connectivity index (χ1) is 15.0. The number of esters is 1. The minimum Gasteiger partial charge on any atom is -0.480 e. The Morgan fingerprint density at radius 3 is 2.39 bits per heavy atom. The fourth-order valence-corrected chi connectivity index (χ4v) is 2.71. The fourth-order valence-electron chi connectivity index (χ4n) is 2.71. The lowest BCUT2D eigenvalue weighted by Gasteiger charge is -2.08. The summed E-state index contributed by atoms with van der Waals surface area (Å²) in [6.45, 7) is 1.53. The molecule has 3 rings (SSSR count). The molecule has 3 aromatic rings. The van der Waals surface area contributed by atoms with E-state index in [4.69, 9.17) is 9.47 Å². The van der Waals surface area contributed by atoms with E-state index in [1.165, 1.54) is 10.9 Å². The van der Waals surface area contributed by atoms with Gasteiger partial charge in [-0.25, -0.2) is 9.48 Å². The smallest absolute Gasteiger partial charge is 0.362 e. The molecule has 0 aliphatic rings. The Labute approximate surface area is 179 Å². The quantitative estimate of drug-likeness (QED) is 0.540. The number of benzene rings is 2. The highest BCUT2D eigenvalue weighted by Gasteiger charge is 2.21. The SMILES string of the molecule is CCOC(=O)c1nn(-c2ccccc2)cc1OCC(=O)Nc1ccc(C(=O)NC)cc1. The van der Waals surface area contributed by atoms with Crippen LogP contribution in [0.2, 0.25) is 0 Å². The highest BCUT2D eigenvalue weighted by atomic mass is 16.5. The molecule has 0 bridgehead atoms. The van der Waals surface area contributed by atoms with Crippen LogP contribution in [-0.4, -0.2) is 47.8 Å². The number of para-hydroxylation sites is 1. The molecule has 0 aliphatic heterocycles. The number of carbonyl (C=O) groups excluding carboxylic acids is 3. The number of nitrogens with one attached hydrogen (secondary N) is 2. The molecular weight excluding hydrogens is 400 g/mol. The van der Waals surface area contributed by atoms with E-state index in [0.29, 0.717) is 11.3 Å². The van der Waals surface area contributed by atoms with Crippen molar-refractivity contribution in [1.29, 1.82) is 0 Å². The van der Waals surface area contributed by atoms with Crippen molar-refractivity contribution in [1.82, 2.24) is 15.1 Å². The predicted molar refractivity (Wildman–Crippen MR) is 113 cm³/mol. The standard InChI is InChI=1S/C22H22N4O5/c1-3-30-22(29)20-18(13-26(25-20)17-7-5-4-6-8-17)31-14-19(27)24-16-11-9-15(10-12-16)21(28)23-2/h4-13H,3,14H2,1-2H3,(H,23,28)(H,24,27). The number of carbonyl (C=O) groups is 3. The third kappa shape index (κ3) is 5.47. The molecule has 0 saturated heterocycles. The van der Waals surface area contributed by atoms with Crippen LogP contribution in [0, 0.1) is 0 Å². The summed E-state index contributed by atoms with van der Waals surface area (Å²) in [5, 5.41) is 9.44. The summed E-state index contributed by atoms with van der Waals surface area (Å²) in [5.41, 5.74) is 1.69. The van der Waals surface area contributed by atoms with Gasteiger partial charge in [0.25, 0.3) is 11.8 Å². The minimum atomic E-state index is -0.641. The monoisotopic (exact) mass is 422 g/mol. The average molecular weight is 422 g/mol. The van der Waals surface area contributed by atoms with Gasteiger partial charge in [0, 0.05) is 18.3 Å². The van der Waals surface area contributed by atoms with Crippen molar-refractivity contribution in [2.75, 3.05) is 25.6 Å². The van der Waals surface area contributed by atoms with Crippen LogP contribution in [0.15, 0.2) is 60.8 Å². The zero-order valence-electron chi connectivity index (χ0n) is 17.1. The summed E-state index contributed by atoms with van der Waals surface area (Å²) in [6.07, 6.45) is 1.52. The average Bonchev–Trinajstić information content (AvgIpc) is 3.23. The molecule has 0 saturated carbocycles. The van der Waals surface area contributed by atoms with Crippen LogP contribution in [0.5, 0.6) is 5.75 Å². The van der Waals surface area contributed by atoms with Crippen LogP contribution in [0.4, 0.5) is 5.69 Å². The van der Waals surface area contributed by atoms with Crippen molar-refractivity contribution in [2.45, 2.75) is 6.92 Å². The summed E-state index contributed by atoms with van der Waals surface area (Å²) >= 11 is 0. The molecule has 0 radical (unpaired) electrons. The van der Waals surface area contributed by atoms with Gasteiger partial charge in [-0.3, -0.25) is 9.59 Å². The highest BCUT2D eigenvalue weighted by molar-refractivity contribution is 5.96. The normalized spacial score (nSPS) is 10.3. The Kier molecular flexibility index (Phi) is 7.00. The van der Waals surface area contributed by atoms with Crippen molar-refractivity contribution in [3.05, 3.63) is 72.1 Å². The summed E-state index contributed by atoms with van der Waals surface area (Å²) in [4.78, 5) is 36.1. The highest BCUT2D eigenvalue weighted by Crippen LogP contribution is 2.21. The van der Waals surface area contributed by atoms with Gasteiger partial charge in [0.2, 0.25) is 5.69 Å². The molecule has 0 unspecified atom stereocenters. The molecule has 2 aromatic carbocycles. The van der Waals surface area contributed by atoms with Crippen LogP contribution < -0.4 is 15.4 Å². The second-order valence-electron chi connectivity index (χ2n) is 6.34. The summed E-state index contributed by atoms with van der Waals surface area (Å²) < 4.78 is 12.1. The zero-order chi connectivity index (χ0) is 22.2. The van der Waals surface area contributed by atoms with Gasteiger partial charge in [-0.2, -0.15) is 5.10 Å². The fraction of sp³-hybridized carbons (Fsp3) is 0.182. The molecule has 2 amide bonds. The van der Waals surface area contributed by atoms with Crippen LogP contribution in [0.25, 0.3) is 5.69 Å². The Morgan fingerprint density at radius 1 is 1.03 bits per heavy atom. The van der Waals surface area contributed by atoms with Gasteiger partial charge in [-0.1, -0.05) is 18.2 Å². The number of amides is 2. The maximum absolute atomic E-state index is 12.3. The van der Waals surface area contributed by atoms with Crippen molar-refractivity contribution >= 4 is 23.5 Å². The molecule has 1 aromatic heterocycles. The van der Waals surface area contributed by atoms with Crippen molar-refractivity contribution in [3.63, 3.8) is 0 Å². The van der Waals surface area contributed by atoms with E-state index in [1.807, 2.05) is 30.3 Å². The lowest BCUT2D eigenvalue weighted by Crippen LogP contribution is -2.21. The predicted octanol–water partition coefficient (Wildman–Crippen LogP) is 2.43. The van der Waals surface area contributed by atoms with Crippen molar-refractivity contribution in [3.8, 4) is 11.4 Å². The van der Waals surface area contributed by atoms with Gasteiger partial charge >= 0.3 is 5.97 Å². The van der Waals surface area contributed by atoms with Crippen LogP contribution >= 0.6 is 0 Å². The topological polar surface area (TPSA) is 112 Å². The Bertz CT molecular complexity index is 1060. The molecule has 0 fully saturated rings. The van der Waals surface area contributed by atoms with Crippen molar-refractivity contribution in [2.24, 2.45) is 0 Å². The summed E-state index contributed by atoms with van der Waals surface area (Å²) in [7, 11) is 1.54. The lowest BCUT2D eigenvalue weighted by molar-refractivity contribution is -0.118. The van der Waals surface area contributed by atoms with Gasteiger partial charge in [0.05, 0.1) is 18.5 Å². The molecular formula is C22H22N4O5. The van der Waals surface area contributed by atoms with Gasteiger partial charge in [0.1, 0.15) is 0 Å². The van der Waals surface area contributed by atoms with Gasteiger partial charge in [-0.05, 0) is 43.3 Å². The molecule has 0 atom stereocenters. The molecule has 0 spiro atoms. The minimum absolute atomic E-state index is 0.0200. The Hall–Kier alpha value is -4.14. The van der Waals surface area contributed by atoms with Gasteiger partial charge < -0.3 is 20.1 Å². The maximum atomic E-state index is 12.3. The van der Waals surface area contributed by atoms with E-state index in [0.717, 1.165) is 5.69 Å². The number of rotatable bonds is 8. The molecule has 2 N–H and O–H groups in total. The molecule has 0 aliphatic carbocycles. The van der Waals surface area contributed by atoms with E-state index in [-0.39, 0.29) is 30.6 Å². The number of hydrogen-bond acceptors (Lipinski definition) is 6. The first kappa shape index (κ1) is 21.6. The van der Waals surface area contributed by atoms with Crippen molar-refractivity contribution < 1.29 is 23.9 Å². The number of aromatic nitrogens is 2. The van der Waals surface area contributed by atoms with Crippen LogP contribution in [-0.2, 0) is 9.53 Å². The molecule has 160 valence electrons. The van der Waals surface area contributed by atoms with Crippen LogP contribution in [0.3, 0.4) is 0 Å². The van der Waals surface area contributed by atoms with E-state index < -0.39 is 11.9 Å². The molecule has 31 heavy (non-hydrogen) atoms. The zero-order valence-corrected chi connectivity index (χ0v) is 17.1.